The molecule has 0 fully saturated rings. The Morgan fingerprint density at radius 2 is 2.09 bits per heavy atom. The van der Waals surface area contributed by atoms with Gasteiger partial charge in [0.15, 0.2) is 5.76 Å². The van der Waals surface area contributed by atoms with Crippen LogP contribution in [-0.2, 0) is 19.5 Å². The number of allylic oxidation sites excluding steroid dienone is 2. The molecule has 1 aliphatic heterocycles. The molecular formula is C13H12ClIN2O4S. The number of ether oxygens (including phenoxy) is 2. The van der Waals surface area contributed by atoms with Crippen LogP contribution in [0.1, 0.15) is 6.42 Å². The standard InChI is InChI=1S/C13H12ClIN2O4S/c14-12-4-2-9(13(15)16-12)17-22(18,19)8-1-3-10-11(7-8)21-6-5-20-10/h1-4,8,17H,5-7H2. The minimum absolute atomic E-state index is 0.249. The Morgan fingerprint density at radius 1 is 1.32 bits per heavy atom. The maximum atomic E-state index is 12.5. The van der Waals surface area contributed by atoms with Crippen LogP contribution in [0.15, 0.2) is 35.8 Å². The zero-order chi connectivity index (χ0) is 15.7. The third-order valence-electron chi connectivity index (χ3n) is 3.21. The number of sulfonamides is 1. The summed E-state index contributed by atoms with van der Waals surface area (Å²) in [6.45, 7) is 0.916. The molecule has 0 bridgehead atoms. The molecule has 2 aliphatic rings. The van der Waals surface area contributed by atoms with Crippen LogP contribution in [-0.4, -0.2) is 31.9 Å². The molecule has 1 unspecified atom stereocenters. The smallest absolute Gasteiger partial charge is 0.239 e. The molecular weight excluding hydrogens is 443 g/mol. The van der Waals surface area contributed by atoms with Crippen molar-refractivity contribution >= 4 is 49.9 Å². The van der Waals surface area contributed by atoms with Crippen LogP contribution in [0.5, 0.6) is 0 Å². The summed E-state index contributed by atoms with van der Waals surface area (Å²) in [5, 5.41) is -0.410. The first-order chi connectivity index (χ1) is 10.5. The fraction of sp³-hybridized carbons (Fsp3) is 0.308. The Kier molecular flexibility index (Phi) is 4.51. The van der Waals surface area contributed by atoms with Crippen molar-refractivity contribution in [1.82, 2.24) is 4.98 Å². The molecule has 0 spiro atoms. The lowest BCUT2D eigenvalue weighted by molar-refractivity contribution is 0.0633. The maximum Gasteiger partial charge on any atom is 0.239 e. The van der Waals surface area contributed by atoms with E-state index in [2.05, 4.69) is 9.71 Å². The van der Waals surface area contributed by atoms with E-state index in [1.54, 1.807) is 18.2 Å². The lowest BCUT2D eigenvalue weighted by Gasteiger charge is -2.26. The van der Waals surface area contributed by atoms with Crippen molar-refractivity contribution in [3.05, 3.63) is 44.7 Å². The van der Waals surface area contributed by atoms with Crippen molar-refractivity contribution in [3.63, 3.8) is 0 Å². The molecule has 1 aliphatic carbocycles. The second kappa shape index (κ2) is 6.25. The number of hydrogen-bond acceptors (Lipinski definition) is 5. The summed E-state index contributed by atoms with van der Waals surface area (Å²) in [6.07, 6.45) is 3.50. The zero-order valence-electron chi connectivity index (χ0n) is 11.3. The largest absolute Gasteiger partial charge is 0.490 e. The van der Waals surface area contributed by atoms with E-state index in [0.717, 1.165) is 0 Å². The van der Waals surface area contributed by atoms with Crippen molar-refractivity contribution in [2.24, 2.45) is 0 Å². The molecule has 3 rings (SSSR count). The first kappa shape index (κ1) is 15.9. The van der Waals surface area contributed by atoms with Crippen LogP contribution in [0.3, 0.4) is 0 Å². The highest BCUT2D eigenvalue weighted by Gasteiger charge is 2.31. The third kappa shape index (κ3) is 3.33. The summed E-state index contributed by atoms with van der Waals surface area (Å²) in [5.41, 5.74) is 0.402. The van der Waals surface area contributed by atoms with Gasteiger partial charge in [-0.2, -0.15) is 0 Å². The molecule has 1 atom stereocenters. The van der Waals surface area contributed by atoms with Crippen LogP contribution in [0.4, 0.5) is 5.69 Å². The van der Waals surface area contributed by atoms with E-state index in [4.69, 9.17) is 21.1 Å². The van der Waals surface area contributed by atoms with Crippen molar-refractivity contribution in [2.45, 2.75) is 11.7 Å². The van der Waals surface area contributed by atoms with Crippen LogP contribution < -0.4 is 4.72 Å². The first-order valence-electron chi connectivity index (χ1n) is 6.46. The van der Waals surface area contributed by atoms with E-state index < -0.39 is 15.3 Å². The topological polar surface area (TPSA) is 77.5 Å². The van der Waals surface area contributed by atoms with Gasteiger partial charge in [0.25, 0.3) is 0 Å². The van der Waals surface area contributed by atoms with E-state index >= 15 is 0 Å². The monoisotopic (exact) mass is 454 g/mol. The van der Waals surface area contributed by atoms with Gasteiger partial charge < -0.3 is 9.47 Å². The molecule has 0 radical (unpaired) electrons. The van der Waals surface area contributed by atoms with Gasteiger partial charge in [0, 0.05) is 6.42 Å². The Balaban J connectivity index is 1.79. The Hall–Kier alpha value is -1.00. The van der Waals surface area contributed by atoms with Crippen LogP contribution in [0.25, 0.3) is 0 Å². The molecule has 6 nitrogen and oxygen atoms in total. The molecule has 22 heavy (non-hydrogen) atoms. The van der Waals surface area contributed by atoms with Crippen LogP contribution in [0, 0.1) is 3.70 Å². The maximum absolute atomic E-state index is 12.5. The van der Waals surface area contributed by atoms with Crippen molar-refractivity contribution in [2.75, 3.05) is 17.9 Å². The zero-order valence-corrected chi connectivity index (χ0v) is 15.0. The van der Waals surface area contributed by atoms with Crippen LogP contribution in [0.2, 0.25) is 5.15 Å². The van der Waals surface area contributed by atoms with E-state index in [0.29, 0.717) is 39.3 Å². The minimum Gasteiger partial charge on any atom is -0.490 e. The molecule has 1 N–H and O–H groups in total. The number of nitrogens with zero attached hydrogens (tertiary/aromatic N) is 1. The van der Waals surface area contributed by atoms with Gasteiger partial charge >= 0.3 is 0 Å². The highest BCUT2D eigenvalue weighted by atomic mass is 127. The molecule has 0 saturated carbocycles. The number of halogens is 2. The lowest BCUT2D eigenvalue weighted by Crippen LogP contribution is -2.30. The summed E-state index contributed by atoms with van der Waals surface area (Å²) in [5.74, 6) is 1.19. The van der Waals surface area contributed by atoms with Gasteiger partial charge in [0.05, 0.1) is 5.69 Å². The van der Waals surface area contributed by atoms with E-state index in [1.165, 1.54) is 6.07 Å². The third-order valence-corrected chi connectivity index (χ3v) is 5.86. The number of aromatic nitrogens is 1. The fourth-order valence-corrected chi connectivity index (χ4v) is 4.47. The van der Waals surface area contributed by atoms with Gasteiger partial charge in [0.1, 0.15) is 33.1 Å². The van der Waals surface area contributed by atoms with E-state index in [9.17, 15) is 8.42 Å². The van der Waals surface area contributed by atoms with Crippen LogP contribution >= 0.6 is 34.2 Å². The summed E-state index contributed by atoms with van der Waals surface area (Å²) >= 11 is 7.70. The molecule has 1 aromatic rings. The van der Waals surface area contributed by atoms with Gasteiger partial charge in [-0.15, -0.1) is 0 Å². The number of hydrogen-bond donors (Lipinski definition) is 1. The van der Waals surface area contributed by atoms with Gasteiger partial charge in [-0.05, 0) is 40.8 Å². The lowest BCUT2D eigenvalue weighted by atomic mass is 10.1. The quantitative estimate of drug-likeness (QED) is 0.561. The van der Waals surface area contributed by atoms with Gasteiger partial charge in [0.2, 0.25) is 10.0 Å². The highest BCUT2D eigenvalue weighted by molar-refractivity contribution is 14.1. The Labute approximate surface area is 146 Å². The molecule has 0 amide bonds. The second-order valence-corrected chi connectivity index (χ2v) is 8.01. The van der Waals surface area contributed by atoms with Crippen molar-refractivity contribution in [1.29, 1.82) is 0 Å². The van der Waals surface area contributed by atoms with Gasteiger partial charge in [-0.25, -0.2) is 13.4 Å². The van der Waals surface area contributed by atoms with Crippen molar-refractivity contribution in [3.8, 4) is 0 Å². The summed E-state index contributed by atoms with van der Waals surface area (Å²) < 4.78 is 39.0. The Morgan fingerprint density at radius 3 is 2.86 bits per heavy atom. The molecule has 9 heteroatoms. The minimum atomic E-state index is -3.62. The molecule has 1 aromatic heterocycles. The average molecular weight is 455 g/mol. The predicted molar refractivity (Wildman–Crippen MR) is 91.0 cm³/mol. The predicted octanol–water partition coefficient (Wildman–Crippen LogP) is 2.67. The average Bonchev–Trinajstić information content (AvgIpc) is 2.49. The van der Waals surface area contributed by atoms with E-state index in [-0.39, 0.29) is 6.42 Å². The first-order valence-corrected chi connectivity index (χ1v) is 9.46. The molecule has 0 saturated heterocycles. The fourth-order valence-electron chi connectivity index (χ4n) is 2.14. The number of pyridine rings is 1. The van der Waals surface area contributed by atoms with E-state index in [1.807, 2.05) is 22.6 Å². The normalized spacial score (nSPS) is 20.9. The summed E-state index contributed by atoms with van der Waals surface area (Å²) in [4.78, 5) is 4.02. The number of anilines is 1. The molecule has 118 valence electrons. The SMILES string of the molecule is O=S(=O)(Nc1ccc(Cl)nc1I)C1C=CC2=C(C1)OCCO2. The number of nitrogens with one attached hydrogen (secondary N) is 1. The van der Waals surface area contributed by atoms with Crippen molar-refractivity contribution < 1.29 is 17.9 Å². The summed E-state index contributed by atoms with van der Waals surface area (Å²) in [7, 11) is -3.62. The summed E-state index contributed by atoms with van der Waals surface area (Å²) in [6, 6.07) is 3.13. The second-order valence-electron chi connectivity index (χ2n) is 4.71. The number of rotatable bonds is 3. The van der Waals surface area contributed by atoms with Gasteiger partial charge in [-0.1, -0.05) is 17.7 Å². The molecule has 2 heterocycles. The molecule has 0 aromatic carbocycles. The Bertz CT molecular complexity index is 763. The van der Waals surface area contributed by atoms with Gasteiger partial charge in [-0.3, -0.25) is 4.72 Å². The highest BCUT2D eigenvalue weighted by Crippen LogP contribution is 2.29.